The lowest BCUT2D eigenvalue weighted by molar-refractivity contribution is -0.178. The Morgan fingerprint density at radius 3 is 2.42 bits per heavy atom. The zero-order valence-corrected chi connectivity index (χ0v) is 13.9. The van der Waals surface area contributed by atoms with Crippen LogP contribution in [0.3, 0.4) is 0 Å². The summed E-state index contributed by atoms with van der Waals surface area (Å²) in [6, 6.07) is 0. The summed E-state index contributed by atoms with van der Waals surface area (Å²) < 4.78 is 11.1. The van der Waals surface area contributed by atoms with Crippen LogP contribution in [0, 0.1) is 11.1 Å². The number of nitrogens with zero attached hydrogens (tertiary/aromatic N) is 1. The van der Waals surface area contributed by atoms with Crippen molar-refractivity contribution in [2.45, 2.75) is 58.5 Å². The van der Waals surface area contributed by atoms with Crippen molar-refractivity contribution >= 4 is 14.3 Å². The Bertz CT molecular complexity index is 327. The average molecular weight is 288 g/mol. The second-order valence-electron chi connectivity index (χ2n) is 6.76. The molecule has 1 rings (SSSR count). The summed E-state index contributed by atoms with van der Waals surface area (Å²) in [7, 11) is -1.73. The molecule has 112 valence electrons. The van der Waals surface area contributed by atoms with Gasteiger partial charge in [0.1, 0.15) is 6.23 Å². The predicted octanol–water partition coefficient (Wildman–Crippen LogP) is 2.72. The fourth-order valence-corrected chi connectivity index (χ4v) is 2.82. The molecule has 2 atom stereocenters. The van der Waals surface area contributed by atoms with Gasteiger partial charge < -0.3 is 19.4 Å². The Hall–Kier alpha value is -0.433. The van der Waals surface area contributed by atoms with E-state index < -0.39 is 20.5 Å². The number of hydrogen-bond donors (Lipinski definition) is 0. The largest absolute Gasteiger partial charge is 0.783 e. The molecule has 1 aliphatic heterocycles. The van der Waals surface area contributed by atoms with Crippen LogP contribution in [0.4, 0.5) is 0 Å². The summed E-state index contributed by atoms with van der Waals surface area (Å²) in [5.41, 5.74) is 0. The van der Waals surface area contributed by atoms with Crippen molar-refractivity contribution in [3.63, 3.8) is 0 Å². The first-order valence-electron chi connectivity index (χ1n) is 6.79. The minimum atomic E-state index is -1.73. The third kappa shape index (κ3) is 4.27. The highest BCUT2D eigenvalue weighted by Gasteiger charge is 2.39. The van der Waals surface area contributed by atoms with Crippen LogP contribution in [0.25, 0.3) is 0 Å². The van der Waals surface area contributed by atoms with Gasteiger partial charge in [-0.3, -0.25) is 4.79 Å². The van der Waals surface area contributed by atoms with Gasteiger partial charge in [0, 0.05) is 19.4 Å². The normalized spacial score (nSPS) is 25.0. The van der Waals surface area contributed by atoms with E-state index in [2.05, 4.69) is 33.9 Å². The lowest BCUT2D eigenvalue weighted by Gasteiger charge is -2.51. The molecular formula is C13H26NO4Si-. The number of ether oxygens (including phenoxy) is 1. The molecule has 0 aromatic rings. The first-order chi connectivity index (χ1) is 8.54. The van der Waals surface area contributed by atoms with E-state index in [1.807, 2.05) is 0 Å². The number of hydroxylamine groups is 2. The van der Waals surface area contributed by atoms with E-state index in [9.17, 15) is 10.0 Å². The molecule has 1 saturated heterocycles. The van der Waals surface area contributed by atoms with E-state index in [1.54, 1.807) is 0 Å². The average Bonchev–Trinajstić information content (AvgIpc) is 2.23. The van der Waals surface area contributed by atoms with Gasteiger partial charge in [0.05, 0.1) is 0 Å². The molecule has 19 heavy (non-hydrogen) atoms. The molecule has 5 nitrogen and oxygen atoms in total. The van der Waals surface area contributed by atoms with Gasteiger partial charge in [-0.2, -0.15) is 0 Å². The maximum atomic E-state index is 11.3. The zero-order chi connectivity index (χ0) is 14.8. The van der Waals surface area contributed by atoms with Gasteiger partial charge in [0.25, 0.3) is 0 Å². The van der Waals surface area contributed by atoms with E-state index in [1.165, 1.54) is 6.92 Å². The molecule has 0 aromatic heterocycles. The first kappa shape index (κ1) is 16.6. The lowest BCUT2D eigenvalue weighted by atomic mass is 9.96. The van der Waals surface area contributed by atoms with Crippen molar-refractivity contribution in [3.05, 3.63) is 5.21 Å². The summed E-state index contributed by atoms with van der Waals surface area (Å²) >= 11 is 0. The summed E-state index contributed by atoms with van der Waals surface area (Å²) in [5, 5.41) is 12.3. The number of esters is 1. The van der Waals surface area contributed by atoms with Crippen LogP contribution < -0.4 is 0 Å². The molecule has 0 N–H and O–H groups in total. The lowest BCUT2D eigenvalue weighted by Crippen LogP contribution is -2.55. The fourth-order valence-electron chi connectivity index (χ4n) is 1.76. The summed E-state index contributed by atoms with van der Waals surface area (Å²) in [5.74, 6) is -0.299. The molecule has 1 fully saturated rings. The van der Waals surface area contributed by atoms with Gasteiger partial charge in [-0.1, -0.05) is 20.8 Å². The van der Waals surface area contributed by atoms with Gasteiger partial charge in [-0.25, -0.2) is 0 Å². The molecule has 1 heterocycles. The van der Waals surface area contributed by atoms with Crippen molar-refractivity contribution in [3.8, 4) is 0 Å². The number of carbonyl (C=O) groups is 1. The third-order valence-electron chi connectivity index (χ3n) is 4.15. The van der Waals surface area contributed by atoms with E-state index in [4.69, 9.17) is 9.16 Å². The summed E-state index contributed by atoms with van der Waals surface area (Å²) in [6.07, 6.45) is 0.156. The predicted molar refractivity (Wildman–Crippen MR) is 76.9 cm³/mol. The maximum absolute atomic E-state index is 11.3. The second kappa shape index (κ2) is 5.91. The highest BCUT2D eigenvalue weighted by Crippen LogP contribution is 2.37. The molecule has 0 aromatic carbocycles. The number of carbonyl (C=O) groups excluding carboxylic acids is 1. The van der Waals surface area contributed by atoms with Crippen LogP contribution >= 0.6 is 0 Å². The Kier molecular flexibility index (Phi) is 5.17. The highest BCUT2D eigenvalue weighted by molar-refractivity contribution is 6.74. The maximum Gasteiger partial charge on any atom is 0.304 e. The van der Waals surface area contributed by atoms with Gasteiger partial charge >= 0.3 is 5.97 Å². The highest BCUT2D eigenvalue weighted by atomic mass is 28.4. The molecule has 0 aliphatic carbocycles. The zero-order valence-electron chi connectivity index (χ0n) is 12.9. The van der Waals surface area contributed by atoms with Crippen molar-refractivity contribution in [1.29, 1.82) is 0 Å². The first-order valence-corrected chi connectivity index (χ1v) is 9.70. The van der Waals surface area contributed by atoms with E-state index in [0.29, 0.717) is 13.2 Å². The Morgan fingerprint density at radius 1 is 1.42 bits per heavy atom. The van der Waals surface area contributed by atoms with Crippen molar-refractivity contribution in [2.24, 2.45) is 5.92 Å². The molecule has 0 bridgehead atoms. The second-order valence-corrected chi connectivity index (χ2v) is 11.6. The number of hydrogen-bond acceptors (Lipinski definition) is 5. The van der Waals surface area contributed by atoms with E-state index in [0.717, 1.165) is 11.5 Å². The van der Waals surface area contributed by atoms with Gasteiger partial charge in [0.15, 0.2) is 8.32 Å². The topological polar surface area (TPSA) is 61.8 Å². The molecule has 2 unspecified atom stereocenters. The smallest absolute Gasteiger partial charge is 0.304 e. The van der Waals surface area contributed by atoms with Crippen molar-refractivity contribution in [2.75, 3.05) is 13.2 Å². The fraction of sp³-hybridized carbons (Fsp3) is 0.923. The van der Waals surface area contributed by atoms with Gasteiger partial charge in [-0.15, -0.1) is 0 Å². The summed E-state index contributed by atoms with van der Waals surface area (Å²) in [6.45, 7) is 13.4. The van der Waals surface area contributed by atoms with Crippen LogP contribution in [0.2, 0.25) is 18.1 Å². The van der Waals surface area contributed by atoms with Crippen LogP contribution in [0.5, 0.6) is 0 Å². The standard InChI is InChI=1S/C13H26NO4Si/c1-10(15)18-12-11(9-14(12)16)7-8-17-19(5,6)13(2,3)4/h11-12H,7-9H2,1-6H3/q-1. The Labute approximate surface area is 117 Å². The van der Waals surface area contributed by atoms with Crippen LogP contribution in [0.15, 0.2) is 0 Å². The van der Waals surface area contributed by atoms with E-state index >= 15 is 0 Å². The third-order valence-corrected chi connectivity index (χ3v) is 8.68. The van der Waals surface area contributed by atoms with Gasteiger partial charge in [-0.05, 0) is 31.1 Å². The monoisotopic (exact) mass is 288 g/mol. The Balaban J connectivity index is 2.36. The van der Waals surface area contributed by atoms with Crippen LogP contribution in [-0.4, -0.2) is 38.7 Å². The minimum Gasteiger partial charge on any atom is -0.783 e. The molecule has 6 heteroatoms. The summed E-state index contributed by atoms with van der Waals surface area (Å²) in [4.78, 5) is 10.9. The van der Waals surface area contributed by atoms with Crippen molar-refractivity contribution < 1.29 is 14.0 Å². The van der Waals surface area contributed by atoms with Crippen molar-refractivity contribution in [1.82, 2.24) is 5.06 Å². The number of rotatable bonds is 5. The Morgan fingerprint density at radius 2 is 2.00 bits per heavy atom. The molecular weight excluding hydrogens is 262 g/mol. The van der Waals surface area contributed by atoms with E-state index in [-0.39, 0.29) is 11.0 Å². The molecule has 0 radical (unpaired) electrons. The SMILES string of the molecule is CC(=O)OC1C(CCO[Si](C)(C)C(C)(C)C)CN1[O-]. The van der Waals surface area contributed by atoms with Crippen LogP contribution in [-0.2, 0) is 14.0 Å². The van der Waals surface area contributed by atoms with Crippen LogP contribution in [0.1, 0.15) is 34.1 Å². The minimum absolute atomic E-state index is 0.103. The quantitative estimate of drug-likeness (QED) is 0.575. The molecule has 1 aliphatic rings. The molecule has 0 amide bonds. The molecule has 0 saturated carbocycles. The molecule has 0 spiro atoms. The van der Waals surface area contributed by atoms with Gasteiger partial charge in [0.2, 0.25) is 0 Å².